The first-order valence-electron chi connectivity index (χ1n) is 6.90. The molecule has 2 unspecified atom stereocenters. The Hall–Kier alpha value is -0.120. The van der Waals surface area contributed by atoms with Gasteiger partial charge in [-0.05, 0) is 26.2 Å². The van der Waals surface area contributed by atoms with Crippen molar-refractivity contribution in [2.24, 2.45) is 0 Å². The maximum absolute atomic E-state index is 5.71. The number of rotatable bonds is 1. The minimum Gasteiger partial charge on any atom is -0.377 e. The molecule has 0 aromatic rings. The second-order valence-electron chi connectivity index (χ2n) is 5.82. The van der Waals surface area contributed by atoms with E-state index in [-0.39, 0.29) is 0 Å². The van der Waals surface area contributed by atoms with Gasteiger partial charge in [0.2, 0.25) is 0 Å². The Morgan fingerprint density at radius 2 is 2.12 bits per heavy atom. The number of nitrogens with one attached hydrogen (secondary N) is 1. The minimum atomic E-state index is 0.441. The Morgan fingerprint density at radius 1 is 1.31 bits per heavy atom. The van der Waals surface area contributed by atoms with Gasteiger partial charge in [-0.15, -0.1) is 0 Å². The average Bonchev–Trinajstić information content (AvgIpc) is 2.88. The fourth-order valence-corrected chi connectivity index (χ4v) is 3.86. The summed E-state index contributed by atoms with van der Waals surface area (Å²) in [5.41, 5.74) is 0.459. The van der Waals surface area contributed by atoms with Crippen molar-refractivity contribution in [3.8, 4) is 0 Å². The van der Waals surface area contributed by atoms with Gasteiger partial charge in [-0.25, -0.2) is 0 Å². The molecule has 2 atom stereocenters. The van der Waals surface area contributed by atoms with Crippen LogP contribution in [0, 0.1) is 0 Å². The van der Waals surface area contributed by atoms with Crippen molar-refractivity contribution in [2.45, 2.75) is 56.7 Å². The molecule has 3 fully saturated rings. The highest BCUT2D eigenvalue weighted by atomic mass is 16.5. The van der Waals surface area contributed by atoms with E-state index in [1.807, 2.05) is 0 Å². The minimum absolute atomic E-state index is 0.441. The highest BCUT2D eigenvalue weighted by molar-refractivity contribution is 5.00. The van der Waals surface area contributed by atoms with Crippen molar-refractivity contribution in [1.82, 2.24) is 10.2 Å². The largest absolute Gasteiger partial charge is 0.377 e. The number of piperazine rings is 1. The average molecular weight is 224 g/mol. The van der Waals surface area contributed by atoms with Gasteiger partial charge in [0.15, 0.2) is 0 Å². The lowest BCUT2D eigenvalue weighted by atomic mass is 9.93. The van der Waals surface area contributed by atoms with Gasteiger partial charge in [0.1, 0.15) is 0 Å². The number of hydrogen-bond donors (Lipinski definition) is 1. The molecule has 0 radical (unpaired) electrons. The van der Waals surface area contributed by atoms with Crippen molar-refractivity contribution in [3.63, 3.8) is 0 Å². The third kappa shape index (κ3) is 1.89. The topological polar surface area (TPSA) is 24.5 Å². The van der Waals surface area contributed by atoms with Gasteiger partial charge >= 0.3 is 0 Å². The molecule has 3 rings (SSSR count). The zero-order valence-corrected chi connectivity index (χ0v) is 10.4. The molecule has 0 amide bonds. The van der Waals surface area contributed by atoms with Crippen molar-refractivity contribution >= 4 is 0 Å². The number of ether oxygens (including phenoxy) is 1. The molecular formula is C13H24N2O. The Labute approximate surface area is 98.5 Å². The van der Waals surface area contributed by atoms with Gasteiger partial charge in [0.25, 0.3) is 0 Å². The second-order valence-corrected chi connectivity index (χ2v) is 5.82. The summed E-state index contributed by atoms with van der Waals surface area (Å²) in [6.45, 7) is 6.83. The first-order valence-corrected chi connectivity index (χ1v) is 6.90. The Bertz CT molecular complexity index is 250. The Kier molecular flexibility index (Phi) is 2.94. The molecule has 3 aliphatic rings. The molecule has 1 aliphatic carbocycles. The fraction of sp³-hybridized carbons (Fsp3) is 1.00. The van der Waals surface area contributed by atoms with Gasteiger partial charge in [-0.3, -0.25) is 4.90 Å². The maximum Gasteiger partial charge on any atom is 0.0703 e. The summed E-state index contributed by atoms with van der Waals surface area (Å²) >= 11 is 0. The highest BCUT2D eigenvalue weighted by Gasteiger charge is 2.41. The molecule has 1 N–H and O–H groups in total. The quantitative estimate of drug-likeness (QED) is 0.728. The van der Waals surface area contributed by atoms with E-state index in [1.54, 1.807) is 0 Å². The zero-order chi connectivity index (χ0) is 11.0. The van der Waals surface area contributed by atoms with Crippen molar-refractivity contribution < 1.29 is 4.74 Å². The van der Waals surface area contributed by atoms with E-state index >= 15 is 0 Å². The molecule has 3 nitrogen and oxygen atoms in total. The summed E-state index contributed by atoms with van der Waals surface area (Å²) in [5.74, 6) is 0. The SMILES string of the molecule is CC1OCCC1N1CCNC2(CCCC2)C1. The van der Waals surface area contributed by atoms with E-state index < -0.39 is 0 Å². The summed E-state index contributed by atoms with van der Waals surface area (Å²) in [6.07, 6.45) is 7.26. The first-order chi connectivity index (χ1) is 7.79. The van der Waals surface area contributed by atoms with Gasteiger partial charge in [0, 0.05) is 37.8 Å². The van der Waals surface area contributed by atoms with Crippen molar-refractivity contribution in [2.75, 3.05) is 26.2 Å². The molecule has 16 heavy (non-hydrogen) atoms. The monoisotopic (exact) mass is 224 g/mol. The molecule has 92 valence electrons. The highest BCUT2D eigenvalue weighted by Crippen LogP contribution is 2.33. The lowest BCUT2D eigenvalue weighted by Crippen LogP contribution is -2.61. The Balaban J connectivity index is 1.67. The number of hydrogen-bond acceptors (Lipinski definition) is 3. The van der Waals surface area contributed by atoms with Gasteiger partial charge in [-0.2, -0.15) is 0 Å². The predicted molar refractivity (Wildman–Crippen MR) is 64.6 cm³/mol. The normalized spacial score (nSPS) is 39.6. The zero-order valence-electron chi connectivity index (χ0n) is 10.4. The maximum atomic E-state index is 5.71. The van der Waals surface area contributed by atoms with Crippen LogP contribution in [0.25, 0.3) is 0 Å². The van der Waals surface area contributed by atoms with Crippen LogP contribution in [0.2, 0.25) is 0 Å². The van der Waals surface area contributed by atoms with Crippen LogP contribution in [-0.4, -0.2) is 48.8 Å². The van der Waals surface area contributed by atoms with Crippen LogP contribution in [0.4, 0.5) is 0 Å². The second kappa shape index (κ2) is 4.28. The first kappa shape index (κ1) is 11.0. The molecular weight excluding hydrogens is 200 g/mol. The predicted octanol–water partition coefficient (Wildman–Crippen LogP) is 1.38. The van der Waals surface area contributed by atoms with Crippen LogP contribution in [0.3, 0.4) is 0 Å². The summed E-state index contributed by atoms with van der Waals surface area (Å²) in [6, 6.07) is 0.680. The van der Waals surface area contributed by atoms with E-state index in [0.717, 1.165) is 6.61 Å². The van der Waals surface area contributed by atoms with Crippen molar-refractivity contribution in [3.05, 3.63) is 0 Å². The molecule has 0 aromatic carbocycles. The third-order valence-electron chi connectivity index (χ3n) is 4.77. The summed E-state index contributed by atoms with van der Waals surface area (Å²) in [7, 11) is 0. The molecule has 2 aliphatic heterocycles. The van der Waals surface area contributed by atoms with E-state index in [4.69, 9.17) is 4.74 Å². The fourth-order valence-electron chi connectivity index (χ4n) is 3.86. The van der Waals surface area contributed by atoms with Gasteiger partial charge in [-0.1, -0.05) is 12.8 Å². The molecule has 1 spiro atoms. The van der Waals surface area contributed by atoms with Crippen LogP contribution < -0.4 is 5.32 Å². The third-order valence-corrected chi connectivity index (χ3v) is 4.77. The Morgan fingerprint density at radius 3 is 2.81 bits per heavy atom. The van der Waals surface area contributed by atoms with Gasteiger partial charge in [0.05, 0.1) is 6.10 Å². The molecule has 3 heteroatoms. The summed E-state index contributed by atoms with van der Waals surface area (Å²) in [4.78, 5) is 2.69. The van der Waals surface area contributed by atoms with E-state index in [1.165, 1.54) is 51.7 Å². The van der Waals surface area contributed by atoms with Gasteiger partial charge < -0.3 is 10.1 Å². The van der Waals surface area contributed by atoms with Crippen LogP contribution in [0.1, 0.15) is 39.0 Å². The van der Waals surface area contributed by atoms with Crippen LogP contribution in [-0.2, 0) is 4.74 Å². The molecule has 0 aromatic heterocycles. The van der Waals surface area contributed by atoms with Crippen LogP contribution in [0.5, 0.6) is 0 Å². The molecule has 2 heterocycles. The standard InChI is InChI=1S/C13H24N2O/c1-11-12(4-9-16-11)15-8-7-14-13(10-15)5-2-3-6-13/h11-12,14H,2-10H2,1H3. The van der Waals surface area contributed by atoms with Crippen molar-refractivity contribution in [1.29, 1.82) is 0 Å². The number of nitrogens with zero attached hydrogens (tertiary/aromatic N) is 1. The van der Waals surface area contributed by atoms with E-state index in [2.05, 4.69) is 17.1 Å². The molecule has 0 bridgehead atoms. The summed E-state index contributed by atoms with van der Waals surface area (Å²) in [5, 5.41) is 3.78. The van der Waals surface area contributed by atoms with Crippen LogP contribution >= 0.6 is 0 Å². The summed E-state index contributed by atoms with van der Waals surface area (Å²) < 4.78 is 5.71. The smallest absolute Gasteiger partial charge is 0.0703 e. The lowest BCUT2D eigenvalue weighted by molar-refractivity contribution is 0.0424. The lowest BCUT2D eigenvalue weighted by Gasteiger charge is -2.44. The molecule has 1 saturated carbocycles. The van der Waals surface area contributed by atoms with E-state index in [9.17, 15) is 0 Å². The van der Waals surface area contributed by atoms with Crippen LogP contribution in [0.15, 0.2) is 0 Å². The van der Waals surface area contributed by atoms with E-state index in [0.29, 0.717) is 17.7 Å². The molecule has 2 saturated heterocycles.